The first-order valence-electron chi connectivity index (χ1n) is 4.79. The van der Waals surface area contributed by atoms with E-state index in [0.717, 1.165) is 12.5 Å². The molecule has 0 amide bonds. The molecule has 3 nitrogen and oxygen atoms in total. The molecular weight excluding hydrogens is 152 g/mol. The van der Waals surface area contributed by atoms with Crippen LogP contribution in [-0.4, -0.2) is 44.8 Å². The number of hydrogen-bond donors (Lipinski definition) is 1. The van der Waals surface area contributed by atoms with Crippen LogP contribution in [0.3, 0.4) is 0 Å². The molecule has 1 heterocycles. The van der Waals surface area contributed by atoms with Crippen LogP contribution in [0.1, 0.15) is 12.8 Å². The van der Waals surface area contributed by atoms with Crippen molar-refractivity contribution in [1.29, 1.82) is 0 Å². The van der Waals surface area contributed by atoms with Crippen molar-refractivity contribution >= 4 is 0 Å². The van der Waals surface area contributed by atoms with Gasteiger partial charge in [0.2, 0.25) is 0 Å². The molecule has 0 unspecified atom stereocenters. The Morgan fingerprint density at radius 3 is 3.08 bits per heavy atom. The number of nitrogens with two attached hydrogens (primary N) is 1. The molecule has 0 aliphatic carbocycles. The summed E-state index contributed by atoms with van der Waals surface area (Å²) < 4.78 is 5.42. The van der Waals surface area contributed by atoms with Crippen LogP contribution in [-0.2, 0) is 4.74 Å². The molecule has 1 aliphatic heterocycles. The molecule has 1 saturated heterocycles. The fourth-order valence-corrected chi connectivity index (χ4v) is 1.74. The SMILES string of the molecule is CN1CCC[C@@H](COCCN)C1. The third kappa shape index (κ3) is 3.52. The summed E-state index contributed by atoms with van der Waals surface area (Å²) in [6.07, 6.45) is 2.63. The zero-order chi connectivity index (χ0) is 8.81. The fourth-order valence-electron chi connectivity index (χ4n) is 1.74. The predicted molar refractivity (Wildman–Crippen MR) is 50.1 cm³/mol. The summed E-state index contributed by atoms with van der Waals surface area (Å²) in [7, 11) is 2.18. The lowest BCUT2D eigenvalue weighted by Gasteiger charge is -2.29. The van der Waals surface area contributed by atoms with E-state index in [2.05, 4.69) is 11.9 Å². The molecular formula is C9H20N2O. The molecule has 1 rings (SSSR count). The summed E-state index contributed by atoms with van der Waals surface area (Å²) in [5.41, 5.74) is 5.34. The van der Waals surface area contributed by atoms with Gasteiger partial charge >= 0.3 is 0 Å². The molecule has 3 heteroatoms. The summed E-state index contributed by atoms with van der Waals surface area (Å²) in [5.74, 6) is 0.732. The molecule has 0 bridgehead atoms. The minimum absolute atomic E-state index is 0.641. The van der Waals surface area contributed by atoms with Gasteiger partial charge in [-0.3, -0.25) is 0 Å². The Bertz CT molecular complexity index is 119. The van der Waals surface area contributed by atoms with Gasteiger partial charge in [0.15, 0.2) is 0 Å². The Morgan fingerprint density at radius 1 is 1.58 bits per heavy atom. The first kappa shape index (κ1) is 9.96. The van der Waals surface area contributed by atoms with E-state index in [-0.39, 0.29) is 0 Å². The third-order valence-corrected chi connectivity index (χ3v) is 2.34. The Hall–Kier alpha value is -0.120. The lowest BCUT2D eigenvalue weighted by atomic mass is 10.00. The molecule has 2 N–H and O–H groups in total. The summed E-state index contributed by atoms with van der Waals surface area (Å²) in [6, 6.07) is 0. The smallest absolute Gasteiger partial charge is 0.0588 e. The topological polar surface area (TPSA) is 38.5 Å². The Morgan fingerprint density at radius 2 is 2.42 bits per heavy atom. The van der Waals surface area contributed by atoms with E-state index in [1.54, 1.807) is 0 Å². The number of hydrogen-bond acceptors (Lipinski definition) is 3. The minimum Gasteiger partial charge on any atom is -0.380 e. The summed E-state index contributed by atoms with van der Waals surface area (Å²) >= 11 is 0. The van der Waals surface area contributed by atoms with Gasteiger partial charge < -0.3 is 15.4 Å². The zero-order valence-corrected chi connectivity index (χ0v) is 7.96. The van der Waals surface area contributed by atoms with Crippen LogP contribution in [0, 0.1) is 5.92 Å². The maximum atomic E-state index is 5.42. The van der Waals surface area contributed by atoms with E-state index in [9.17, 15) is 0 Å². The highest BCUT2D eigenvalue weighted by atomic mass is 16.5. The van der Waals surface area contributed by atoms with Crippen LogP contribution in [0.5, 0.6) is 0 Å². The quantitative estimate of drug-likeness (QED) is 0.620. The maximum absolute atomic E-state index is 5.42. The highest BCUT2D eigenvalue weighted by Gasteiger charge is 2.16. The first-order valence-corrected chi connectivity index (χ1v) is 4.79. The van der Waals surface area contributed by atoms with E-state index in [0.29, 0.717) is 13.2 Å². The second kappa shape index (κ2) is 5.51. The van der Waals surface area contributed by atoms with Gasteiger partial charge in [0.05, 0.1) is 13.2 Å². The van der Waals surface area contributed by atoms with Gasteiger partial charge in [-0.25, -0.2) is 0 Å². The van der Waals surface area contributed by atoms with Crippen molar-refractivity contribution in [2.24, 2.45) is 11.7 Å². The molecule has 12 heavy (non-hydrogen) atoms. The highest BCUT2D eigenvalue weighted by Crippen LogP contribution is 2.14. The summed E-state index contributed by atoms with van der Waals surface area (Å²) in [4.78, 5) is 2.37. The standard InChI is InChI=1S/C9H20N2O/c1-11-5-2-3-9(7-11)8-12-6-4-10/h9H,2-8,10H2,1H3/t9-/m1/s1. The molecule has 0 spiro atoms. The van der Waals surface area contributed by atoms with Gasteiger partial charge in [0, 0.05) is 13.1 Å². The van der Waals surface area contributed by atoms with E-state index in [4.69, 9.17) is 10.5 Å². The fraction of sp³-hybridized carbons (Fsp3) is 1.00. The van der Waals surface area contributed by atoms with Crippen molar-refractivity contribution in [1.82, 2.24) is 4.90 Å². The van der Waals surface area contributed by atoms with Crippen LogP contribution in [0.25, 0.3) is 0 Å². The second-order valence-electron chi connectivity index (χ2n) is 3.63. The molecule has 1 aliphatic rings. The summed E-state index contributed by atoms with van der Waals surface area (Å²) in [5, 5.41) is 0. The van der Waals surface area contributed by atoms with Crippen molar-refractivity contribution in [2.75, 3.05) is 39.9 Å². The molecule has 0 aromatic rings. The van der Waals surface area contributed by atoms with Gasteiger partial charge in [0.25, 0.3) is 0 Å². The second-order valence-corrected chi connectivity index (χ2v) is 3.63. The van der Waals surface area contributed by atoms with Gasteiger partial charge in [-0.15, -0.1) is 0 Å². The van der Waals surface area contributed by atoms with Gasteiger partial charge in [-0.05, 0) is 32.4 Å². The van der Waals surface area contributed by atoms with Crippen molar-refractivity contribution in [3.8, 4) is 0 Å². The highest BCUT2D eigenvalue weighted by molar-refractivity contribution is 4.69. The molecule has 0 aromatic carbocycles. The Labute approximate surface area is 74.9 Å². The Balaban J connectivity index is 2.06. The molecule has 72 valence electrons. The average Bonchev–Trinajstić information content (AvgIpc) is 2.05. The molecule has 0 saturated carbocycles. The number of piperidine rings is 1. The normalized spacial score (nSPS) is 26.0. The van der Waals surface area contributed by atoms with E-state index in [1.165, 1.54) is 25.9 Å². The van der Waals surface area contributed by atoms with Crippen LogP contribution in [0.15, 0.2) is 0 Å². The van der Waals surface area contributed by atoms with Crippen molar-refractivity contribution in [3.05, 3.63) is 0 Å². The van der Waals surface area contributed by atoms with E-state index in [1.807, 2.05) is 0 Å². The van der Waals surface area contributed by atoms with Crippen LogP contribution >= 0.6 is 0 Å². The van der Waals surface area contributed by atoms with Crippen molar-refractivity contribution < 1.29 is 4.74 Å². The van der Waals surface area contributed by atoms with Gasteiger partial charge in [-0.2, -0.15) is 0 Å². The maximum Gasteiger partial charge on any atom is 0.0588 e. The number of ether oxygens (including phenoxy) is 1. The monoisotopic (exact) mass is 172 g/mol. The van der Waals surface area contributed by atoms with Gasteiger partial charge in [0.1, 0.15) is 0 Å². The molecule has 0 radical (unpaired) electrons. The van der Waals surface area contributed by atoms with Gasteiger partial charge in [-0.1, -0.05) is 0 Å². The molecule has 0 aromatic heterocycles. The van der Waals surface area contributed by atoms with E-state index >= 15 is 0 Å². The zero-order valence-electron chi connectivity index (χ0n) is 7.96. The third-order valence-electron chi connectivity index (χ3n) is 2.34. The number of nitrogens with zero attached hydrogens (tertiary/aromatic N) is 1. The van der Waals surface area contributed by atoms with Crippen molar-refractivity contribution in [3.63, 3.8) is 0 Å². The number of likely N-dealkylation sites (tertiary alicyclic amines) is 1. The van der Waals surface area contributed by atoms with Crippen LogP contribution < -0.4 is 5.73 Å². The summed E-state index contributed by atoms with van der Waals surface area (Å²) in [6.45, 7) is 4.67. The van der Waals surface area contributed by atoms with Crippen molar-refractivity contribution in [2.45, 2.75) is 12.8 Å². The minimum atomic E-state index is 0.641. The van der Waals surface area contributed by atoms with Crippen LogP contribution in [0.4, 0.5) is 0 Å². The largest absolute Gasteiger partial charge is 0.380 e. The van der Waals surface area contributed by atoms with Crippen LogP contribution in [0.2, 0.25) is 0 Å². The number of rotatable bonds is 4. The predicted octanol–water partition coefficient (Wildman–Crippen LogP) is 0.304. The van der Waals surface area contributed by atoms with E-state index < -0.39 is 0 Å². The first-order chi connectivity index (χ1) is 5.83. The lowest BCUT2D eigenvalue weighted by molar-refractivity contribution is 0.0718. The average molecular weight is 172 g/mol. The molecule has 1 atom stereocenters. The molecule has 1 fully saturated rings. The lowest BCUT2D eigenvalue weighted by Crippen LogP contribution is -2.34. The Kier molecular flexibility index (Phi) is 4.58.